The Balaban J connectivity index is 1.34. The number of sulfonamides is 1. The van der Waals surface area contributed by atoms with Gasteiger partial charge in [-0.25, -0.2) is 8.42 Å². The van der Waals surface area contributed by atoms with Crippen molar-refractivity contribution >= 4 is 45.3 Å². The lowest BCUT2D eigenvalue weighted by Gasteiger charge is -2.56. The van der Waals surface area contributed by atoms with Crippen LogP contribution in [0, 0.1) is 17.8 Å². The van der Waals surface area contributed by atoms with Crippen LogP contribution >= 0.6 is 23.4 Å². The summed E-state index contributed by atoms with van der Waals surface area (Å²) < 4.78 is 33.1. The van der Waals surface area contributed by atoms with E-state index in [2.05, 4.69) is 10.0 Å². The number of rotatable bonds is 10. The highest BCUT2D eigenvalue weighted by molar-refractivity contribution is 7.98. The van der Waals surface area contributed by atoms with Gasteiger partial charge < -0.3 is 10.1 Å². The van der Waals surface area contributed by atoms with Gasteiger partial charge in [-0.3, -0.25) is 9.59 Å². The second-order valence-electron chi connectivity index (χ2n) is 9.76. The Morgan fingerprint density at radius 2 is 1.70 bits per heavy atom. The van der Waals surface area contributed by atoms with E-state index in [1.165, 1.54) is 55.3 Å². The summed E-state index contributed by atoms with van der Waals surface area (Å²) in [5, 5.41) is 3.58. The van der Waals surface area contributed by atoms with E-state index in [1.807, 2.05) is 6.26 Å². The maximum Gasteiger partial charge on any atom is 0.324 e. The van der Waals surface area contributed by atoms with Crippen molar-refractivity contribution < 1.29 is 22.7 Å². The molecule has 2 N–H and O–H groups in total. The van der Waals surface area contributed by atoms with Gasteiger partial charge in [-0.1, -0.05) is 11.6 Å². The average Bonchev–Trinajstić information content (AvgIpc) is 2.74. The molecule has 4 aliphatic carbocycles. The topological polar surface area (TPSA) is 102 Å². The first-order valence-electron chi connectivity index (χ1n) is 11.4. The Bertz CT molecular complexity index is 948. The Morgan fingerprint density at radius 3 is 2.24 bits per heavy atom. The number of thioether (sulfide) groups is 1. The molecule has 4 fully saturated rings. The van der Waals surface area contributed by atoms with Gasteiger partial charge in [0.15, 0.2) is 6.61 Å². The minimum Gasteiger partial charge on any atom is -0.454 e. The van der Waals surface area contributed by atoms with Gasteiger partial charge in [0.2, 0.25) is 10.0 Å². The molecule has 0 unspecified atom stereocenters. The maximum absolute atomic E-state index is 12.7. The molecule has 1 amide bonds. The Hall–Kier alpha value is -1.29. The molecule has 5 rings (SSSR count). The molecule has 1 atom stereocenters. The van der Waals surface area contributed by atoms with Gasteiger partial charge in [0.1, 0.15) is 6.04 Å². The zero-order chi connectivity index (χ0) is 23.6. The Labute approximate surface area is 204 Å². The lowest BCUT2D eigenvalue weighted by molar-refractivity contribution is -0.151. The molecular formula is C23H31ClN2O5S2. The first-order valence-corrected chi connectivity index (χ1v) is 14.7. The molecule has 4 bridgehead atoms. The minimum absolute atomic E-state index is 0.00779. The van der Waals surface area contributed by atoms with Crippen LogP contribution in [0.25, 0.3) is 0 Å². The maximum atomic E-state index is 12.7. The number of hydrogen-bond acceptors (Lipinski definition) is 6. The number of amides is 1. The summed E-state index contributed by atoms with van der Waals surface area (Å²) in [6, 6.07) is 4.62. The van der Waals surface area contributed by atoms with Crippen molar-refractivity contribution in [1.82, 2.24) is 10.0 Å². The second-order valence-corrected chi connectivity index (χ2v) is 12.9. The molecule has 1 aromatic rings. The summed E-state index contributed by atoms with van der Waals surface area (Å²) in [6.07, 6.45) is 8.97. The van der Waals surface area contributed by atoms with Gasteiger partial charge in [0, 0.05) is 10.6 Å². The van der Waals surface area contributed by atoms with E-state index in [-0.39, 0.29) is 22.8 Å². The zero-order valence-corrected chi connectivity index (χ0v) is 21.1. The van der Waals surface area contributed by atoms with Crippen molar-refractivity contribution in [3.63, 3.8) is 0 Å². The Morgan fingerprint density at radius 1 is 1.12 bits per heavy atom. The van der Waals surface area contributed by atoms with Crippen LogP contribution in [0.1, 0.15) is 44.9 Å². The van der Waals surface area contributed by atoms with Crippen LogP contribution in [0.4, 0.5) is 0 Å². The van der Waals surface area contributed by atoms with Crippen molar-refractivity contribution in [2.75, 3.05) is 18.6 Å². The van der Waals surface area contributed by atoms with Crippen LogP contribution < -0.4 is 10.0 Å². The van der Waals surface area contributed by atoms with Crippen LogP contribution in [0.15, 0.2) is 29.2 Å². The van der Waals surface area contributed by atoms with Crippen molar-refractivity contribution in [2.45, 2.75) is 61.4 Å². The van der Waals surface area contributed by atoms with Crippen LogP contribution in [0.5, 0.6) is 0 Å². The number of nitrogens with one attached hydrogen (secondary N) is 2. The molecule has 0 radical (unpaired) electrons. The third-order valence-electron chi connectivity index (χ3n) is 7.10. The summed E-state index contributed by atoms with van der Waals surface area (Å²) in [5.74, 6) is 1.58. The number of carbonyl (C=O) groups excluding carboxylic acids is 2. The molecule has 0 heterocycles. The minimum atomic E-state index is -3.95. The van der Waals surface area contributed by atoms with Crippen LogP contribution in [0.2, 0.25) is 5.02 Å². The summed E-state index contributed by atoms with van der Waals surface area (Å²) in [4.78, 5) is 25.4. The number of hydrogen-bond donors (Lipinski definition) is 2. The van der Waals surface area contributed by atoms with Gasteiger partial charge in [-0.05, 0) is 99.0 Å². The highest BCUT2D eigenvalue weighted by Gasteiger charge is 2.51. The normalized spacial score (nSPS) is 29.0. The number of benzene rings is 1. The van der Waals surface area contributed by atoms with Gasteiger partial charge in [-0.15, -0.1) is 0 Å². The average molecular weight is 515 g/mol. The fraction of sp³-hybridized carbons (Fsp3) is 0.652. The van der Waals surface area contributed by atoms with E-state index in [9.17, 15) is 18.0 Å². The van der Waals surface area contributed by atoms with Crippen molar-refractivity contribution in [1.29, 1.82) is 0 Å². The smallest absolute Gasteiger partial charge is 0.324 e. The fourth-order valence-electron chi connectivity index (χ4n) is 6.16. The first kappa shape index (κ1) is 24.8. The first-order chi connectivity index (χ1) is 15.7. The molecule has 0 spiro atoms. The quantitative estimate of drug-likeness (QED) is 0.464. The monoisotopic (exact) mass is 514 g/mol. The predicted octanol–water partition coefficient (Wildman–Crippen LogP) is 3.37. The van der Waals surface area contributed by atoms with E-state index < -0.39 is 28.6 Å². The summed E-state index contributed by atoms with van der Waals surface area (Å²) >= 11 is 7.33. The molecule has 1 aromatic carbocycles. The molecule has 7 nitrogen and oxygen atoms in total. The van der Waals surface area contributed by atoms with E-state index in [0.717, 1.165) is 19.3 Å². The molecule has 0 aromatic heterocycles. The molecule has 10 heteroatoms. The van der Waals surface area contributed by atoms with E-state index >= 15 is 0 Å². The third kappa shape index (κ3) is 6.05. The van der Waals surface area contributed by atoms with E-state index in [4.69, 9.17) is 16.3 Å². The zero-order valence-electron chi connectivity index (χ0n) is 18.7. The molecule has 4 saturated carbocycles. The number of halogens is 1. The number of carbonyl (C=O) groups is 2. The van der Waals surface area contributed by atoms with Crippen LogP contribution in [-0.2, 0) is 24.3 Å². The standard InChI is InChI=1S/C23H31ClN2O5S2/c1-32-7-6-20(26-33(29,30)19-4-2-18(24)3-5-19)22(28)31-14-21(27)25-23-11-15-8-16(12-23)10-17(9-15)13-23/h2-5,15-17,20,26H,6-14H2,1H3,(H,25,27)/t15?,16?,17?,20-,23?/m0/s1. The van der Waals surface area contributed by atoms with Gasteiger partial charge in [0.05, 0.1) is 4.90 Å². The van der Waals surface area contributed by atoms with Crippen molar-refractivity contribution in [2.24, 2.45) is 17.8 Å². The lowest BCUT2D eigenvalue weighted by Crippen LogP contribution is -2.60. The van der Waals surface area contributed by atoms with Crippen LogP contribution in [-0.4, -0.2) is 50.5 Å². The third-order valence-corrected chi connectivity index (χ3v) is 9.49. The summed E-state index contributed by atoms with van der Waals surface area (Å²) in [6.45, 7) is -0.404. The van der Waals surface area contributed by atoms with Gasteiger partial charge in [0.25, 0.3) is 5.91 Å². The summed E-state index contributed by atoms with van der Waals surface area (Å²) in [7, 11) is -3.95. The molecule has 0 aliphatic heterocycles. The van der Waals surface area contributed by atoms with Crippen LogP contribution in [0.3, 0.4) is 0 Å². The molecule has 33 heavy (non-hydrogen) atoms. The van der Waals surface area contributed by atoms with E-state index in [0.29, 0.717) is 28.5 Å². The van der Waals surface area contributed by atoms with Crippen molar-refractivity contribution in [3.8, 4) is 0 Å². The highest BCUT2D eigenvalue weighted by atomic mass is 35.5. The highest BCUT2D eigenvalue weighted by Crippen LogP contribution is 2.55. The second kappa shape index (κ2) is 10.1. The predicted molar refractivity (Wildman–Crippen MR) is 129 cm³/mol. The number of ether oxygens (including phenoxy) is 1. The lowest BCUT2D eigenvalue weighted by atomic mass is 9.53. The molecule has 4 aliphatic rings. The van der Waals surface area contributed by atoms with Gasteiger partial charge >= 0.3 is 5.97 Å². The SMILES string of the molecule is CSCC[C@H](NS(=O)(=O)c1ccc(Cl)cc1)C(=O)OCC(=O)NC12CC3CC(CC(C3)C1)C2. The Kier molecular flexibility index (Phi) is 7.63. The fourth-order valence-corrected chi connectivity index (χ4v) is 7.98. The van der Waals surface area contributed by atoms with E-state index in [1.54, 1.807) is 0 Å². The summed E-state index contributed by atoms with van der Waals surface area (Å²) in [5.41, 5.74) is -0.160. The largest absolute Gasteiger partial charge is 0.454 e. The molecule has 0 saturated heterocycles. The van der Waals surface area contributed by atoms with Crippen molar-refractivity contribution in [3.05, 3.63) is 29.3 Å². The molecule has 182 valence electrons. The number of esters is 1. The van der Waals surface area contributed by atoms with Gasteiger partial charge in [-0.2, -0.15) is 16.5 Å². The molecular weight excluding hydrogens is 484 g/mol.